The van der Waals surface area contributed by atoms with E-state index in [1.807, 2.05) is 0 Å². The number of nitrogens with one attached hydrogen (secondary N) is 1. The van der Waals surface area contributed by atoms with Crippen LogP contribution in [-0.2, 0) is 17.8 Å². The van der Waals surface area contributed by atoms with Crippen molar-refractivity contribution in [2.24, 2.45) is 0 Å². The standard InChI is InChI=1S/C17H26N2O2/c1-14-6-7-16(13-19-10-8-18-9-11-19)15(12-14)4-2-3-5-17(20)21/h6-7,12,18H,2-5,8-11,13H2,1H3,(H,20,21). The molecule has 0 spiro atoms. The lowest BCUT2D eigenvalue weighted by Gasteiger charge is -2.28. The van der Waals surface area contributed by atoms with Crippen molar-refractivity contribution < 1.29 is 9.90 Å². The third-order valence-electron chi connectivity index (χ3n) is 4.05. The molecule has 1 aromatic carbocycles. The maximum absolute atomic E-state index is 10.6. The fourth-order valence-electron chi connectivity index (χ4n) is 2.84. The Bertz CT molecular complexity index is 468. The van der Waals surface area contributed by atoms with Crippen molar-refractivity contribution in [3.05, 3.63) is 34.9 Å². The van der Waals surface area contributed by atoms with E-state index < -0.39 is 5.97 Å². The van der Waals surface area contributed by atoms with Crippen LogP contribution in [0.5, 0.6) is 0 Å². The minimum Gasteiger partial charge on any atom is -0.481 e. The molecule has 4 heteroatoms. The molecule has 0 saturated carbocycles. The molecule has 0 amide bonds. The van der Waals surface area contributed by atoms with Crippen molar-refractivity contribution in [2.45, 2.75) is 39.2 Å². The van der Waals surface area contributed by atoms with E-state index in [-0.39, 0.29) is 6.42 Å². The summed E-state index contributed by atoms with van der Waals surface area (Å²) in [5.41, 5.74) is 4.07. The lowest BCUT2D eigenvalue weighted by molar-refractivity contribution is -0.137. The smallest absolute Gasteiger partial charge is 0.303 e. The van der Waals surface area contributed by atoms with E-state index in [4.69, 9.17) is 5.11 Å². The van der Waals surface area contributed by atoms with Gasteiger partial charge in [-0.05, 0) is 37.3 Å². The van der Waals surface area contributed by atoms with Gasteiger partial charge in [0.2, 0.25) is 0 Å². The number of aliphatic carboxylic acids is 1. The molecule has 0 bridgehead atoms. The number of carboxylic acid groups (broad SMARTS) is 1. The summed E-state index contributed by atoms with van der Waals surface area (Å²) in [5, 5.41) is 12.1. The highest BCUT2D eigenvalue weighted by molar-refractivity contribution is 5.66. The number of carboxylic acids is 1. The predicted octanol–water partition coefficient (Wildman–Crippen LogP) is 2.20. The number of aryl methyl sites for hydroxylation is 2. The van der Waals surface area contributed by atoms with Crippen molar-refractivity contribution in [1.29, 1.82) is 0 Å². The molecular weight excluding hydrogens is 264 g/mol. The summed E-state index contributed by atoms with van der Waals surface area (Å²) < 4.78 is 0. The van der Waals surface area contributed by atoms with Gasteiger partial charge >= 0.3 is 5.97 Å². The summed E-state index contributed by atoms with van der Waals surface area (Å²) >= 11 is 0. The minimum absolute atomic E-state index is 0.277. The van der Waals surface area contributed by atoms with E-state index in [0.717, 1.165) is 52.0 Å². The number of piperazine rings is 1. The zero-order valence-corrected chi connectivity index (χ0v) is 12.9. The van der Waals surface area contributed by atoms with Gasteiger partial charge in [-0.1, -0.05) is 23.8 Å². The first-order valence-corrected chi connectivity index (χ1v) is 7.88. The molecule has 4 nitrogen and oxygen atoms in total. The van der Waals surface area contributed by atoms with Crippen molar-refractivity contribution in [3.63, 3.8) is 0 Å². The highest BCUT2D eigenvalue weighted by Crippen LogP contribution is 2.17. The number of rotatable bonds is 7. The summed E-state index contributed by atoms with van der Waals surface area (Å²) in [6, 6.07) is 6.68. The quantitative estimate of drug-likeness (QED) is 0.756. The second-order valence-corrected chi connectivity index (χ2v) is 5.90. The highest BCUT2D eigenvalue weighted by atomic mass is 16.4. The van der Waals surface area contributed by atoms with Gasteiger partial charge in [0.15, 0.2) is 0 Å². The van der Waals surface area contributed by atoms with E-state index in [2.05, 4.69) is 35.3 Å². The summed E-state index contributed by atoms with van der Waals surface area (Å²) in [5.74, 6) is -0.694. The molecule has 1 aliphatic heterocycles. The lowest BCUT2D eigenvalue weighted by atomic mass is 9.98. The SMILES string of the molecule is Cc1ccc(CN2CCNCC2)c(CCCCC(=O)O)c1. The Balaban J connectivity index is 1.94. The molecule has 0 radical (unpaired) electrons. The van der Waals surface area contributed by atoms with Crippen LogP contribution in [-0.4, -0.2) is 42.2 Å². The number of hydrogen-bond donors (Lipinski definition) is 2. The van der Waals surface area contributed by atoms with E-state index in [1.165, 1.54) is 16.7 Å². The van der Waals surface area contributed by atoms with Gasteiger partial charge in [-0.3, -0.25) is 9.69 Å². The molecule has 1 aromatic rings. The van der Waals surface area contributed by atoms with Crippen molar-refractivity contribution >= 4 is 5.97 Å². The van der Waals surface area contributed by atoms with Crippen LogP contribution in [0.3, 0.4) is 0 Å². The molecule has 0 unspecified atom stereocenters. The normalized spacial score (nSPS) is 16.0. The molecule has 2 N–H and O–H groups in total. The molecule has 1 fully saturated rings. The van der Waals surface area contributed by atoms with Crippen LogP contribution in [0.25, 0.3) is 0 Å². The minimum atomic E-state index is -0.694. The average molecular weight is 290 g/mol. The maximum Gasteiger partial charge on any atom is 0.303 e. The second kappa shape index (κ2) is 8.15. The van der Waals surface area contributed by atoms with Crippen LogP contribution in [0.15, 0.2) is 18.2 Å². The average Bonchev–Trinajstić information content (AvgIpc) is 2.47. The van der Waals surface area contributed by atoms with Crippen molar-refractivity contribution in [1.82, 2.24) is 10.2 Å². The molecule has 0 aliphatic carbocycles. The van der Waals surface area contributed by atoms with Gasteiger partial charge in [0.1, 0.15) is 0 Å². The second-order valence-electron chi connectivity index (χ2n) is 5.90. The van der Waals surface area contributed by atoms with Crippen LogP contribution in [0.4, 0.5) is 0 Å². The molecule has 2 rings (SSSR count). The molecular formula is C17H26N2O2. The fraction of sp³-hybridized carbons (Fsp3) is 0.588. The molecule has 116 valence electrons. The van der Waals surface area contributed by atoms with Crippen LogP contribution < -0.4 is 5.32 Å². The zero-order chi connectivity index (χ0) is 15.1. The molecule has 0 atom stereocenters. The van der Waals surface area contributed by atoms with Crippen LogP contribution in [0.1, 0.15) is 36.0 Å². The Hall–Kier alpha value is -1.39. The number of carbonyl (C=O) groups is 1. The molecule has 1 heterocycles. The van der Waals surface area contributed by atoms with E-state index in [1.54, 1.807) is 0 Å². The number of nitrogens with zero attached hydrogens (tertiary/aromatic N) is 1. The maximum atomic E-state index is 10.6. The Labute approximate surface area is 127 Å². The number of hydrogen-bond acceptors (Lipinski definition) is 3. The fourth-order valence-corrected chi connectivity index (χ4v) is 2.84. The first kappa shape index (κ1) is 16.0. The van der Waals surface area contributed by atoms with E-state index in [9.17, 15) is 4.79 Å². The third kappa shape index (κ3) is 5.48. The van der Waals surface area contributed by atoms with Gasteiger partial charge in [-0.2, -0.15) is 0 Å². The highest BCUT2D eigenvalue weighted by Gasteiger charge is 2.12. The van der Waals surface area contributed by atoms with Gasteiger partial charge in [0.05, 0.1) is 0 Å². The van der Waals surface area contributed by atoms with Crippen LogP contribution in [0, 0.1) is 6.92 Å². The van der Waals surface area contributed by atoms with Gasteiger partial charge < -0.3 is 10.4 Å². The van der Waals surface area contributed by atoms with E-state index >= 15 is 0 Å². The summed E-state index contributed by atoms with van der Waals surface area (Å²) in [6.45, 7) is 7.48. The monoisotopic (exact) mass is 290 g/mol. The molecule has 1 aliphatic rings. The molecule has 0 aromatic heterocycles. The zero-order valence-electron chi connectivity index (χ0n) is 12.9. The lowest BCUT2D eigenvalue weighted by Crippen LogP contribution is -2.43. The van der Waals surface area contributed by atoms with Gasteiger partial charge in [-0.25, -0.2) is 0 Å². The Morgan fingerprint density at radius 1 is 1.24 bits per heavy atom. The first-order chi connectivity index (χ1) is 10.1. The van der Waals surface area contributed by atoms with Crippen molar-refractivity contribution in [3.8, 4) is 0 Å². The largest absolute Gasteiger partial charge is 0.481 e. The molecule has 1 saturated heterocycles. The summed E-state index contributed by atoms with van der Waals surface area (Å²) in [7, 11) is 0. The van der Waals surface area contributed by atoms with Gasteiger partial charge in [0, 0.05) is 39.1 Å². The van der Waals surface area contributed by atoms with Crippen LogP contribution in [0.2, 0.25) is 0 Å². The topological polar surface area (TPSA) is 52.6 Å². The van der Waals surface area contributed by atoms with Crippen LogP contribution >= 0.6 is 0 Å². The first-order valence-electron chi connectivity index (χ1n) is 7.88. The molecule has 21 heavy (non-hydrogen) atoms. The Morgan fingerprint density at radius 3 is 2.71 bits per heavy atom. The summed E-state index contributed by atoms with van der Waals surface area (Å²) in [6.07, 6.45) is 2.97. The Kier molecular flexibility index (Phi) is 6.21. The van der Waals surface area contributed by atoms with E-state index in [0.29, 0.717) is 0 Å². The van der Waals surface area contributed by atoms with Gasteiger partial charge in [-0.15, -0.1) is 0 Å². The Morgan fingerprint density at radius 2 is 2.00 bits per heavy atom. The number of benzene rings is 1. The third-order valence-corrected chi connectivity index (χ3v) is 4.05. The van der Waals surface area contributed by atoms with Crippen molar-refractivity contribution in [2.75, 3.05) is 26.2 Å². The number of unbranched alkanes of at least 4 members (excludes halogenated alkanes) is 1. The predicted molar refractivity (Wildman–Crippen MR) is 84.5 cm³/mol. The summed E-state index contributed by atoms with van der Waals surface area (Å²) in [4.78, 5) is 13.1. The van der Waals surface area contributed by atoms with Gasteiger partial charge in [0.25, 0.3) is 0 Å².